The number of likely N-dealkylation sites (tertiary alicyclic amines) is 3. The minimum Gasteiger partial charge on any atom is -0.508 e. The van der Waals surface area contributed by atoms with Gasteiger partial charge in [0.05, 0.1) is 41.8 Å². The van der Waals surface area contributed by atoms with Crippen LogP contribution in [0.3, 0.4) is 0 Å². The van der Waals surface area contributed by atoms with Crippen molar-refractivity contribution in [3.8, 4) is 106 Å². The molecule has 24 rings (SSSR count). The van der Waals surface area contributed by atoms with E-state index in [0.717, 1.165) is 134 Å². The number of rotatable bonds is 23. The number of pyridine rings is 2. The number of benzene rings is 6. The molecule has 9 aliphatic heterocycles. The van der Waals surface area contributed by atoms with Crippen LogP contribution >= 0.6 is 0 Å². The smallest absolute Gasteiger partial charge is 0.320 e. The predicted octanol–water partition coefficient (Wildman–Crippen LogP) is 12.8. The van der Waals surface area contributed by atoms with Crippen molar-refractivity contribution < 1.29 is 42.7 Å². The number of halogens is 3. The summed E-state index contributed by atoms with van der Waals surface area (Å²) in [5.74, 6) is 10.9. The first-order valence-corrected chi connectivity index (χ1v) is 46.1. The van der Waals surface area contributed by atoms with Gasteiger partial charge in [-0.15, -0.1) is 19.3 Å². The second-order valence-corrected chi connectivity index (χ2v) is 39.2. The second kappa shape index (κ2) is 31.4. The summed E-state index contributed by atoms with van der Waals surface area (Å²) in [6.45, 7) is 9.76. The van der Waals surface area contributed by atoms with Crippen LogP contribution in [0.5, 0.6) is 35.3 Å². The number of piperazine rings is 3. The van der Waals surface area contributed by atoms with Gasteiger partial charge in [-0.1, -0.05) is 42.0 Å². The summed E-state index contributed by atoms with van der Waals surface area (Å²) in [6.07, 6.45) is 30.9. The van der Waals surface area contributed by atoms with Crippen molar-refractivity contribution in [1.82, 2.24) is 80.5 Å². The maximum Gasteiger partial charge on any atom is 0.320 e. The van der Waals surface area contributed by atoms with Crippen molar-refractivity contribution in [1.29, 1.82) is 0 Å². The number of aromatic hydroxyl groups is 3. The molecule has 13 atom stereocenters. The molecule has 25 nitrogen and oxygen atoms in total. The molecule has 0 spiro atoms. The van der Waals surface area contributed by atoms with Crippen LogP contribution in [-0.4, -0.2) is 253 Å². The highest BCUT2D eigenvalue weighted by Gasteiger charge is 2.59. The number of hydrogen-bond acceptors (Lipinski definition) is 25. The lowest BCUT2D eigenvalue weighted by Gasteiger charge is -2.34. The van der Waals surface area contributed by atoms with Crippen LogP contribution in [0, 0.1) is 53.3 Å². The normalized spacial score (nSPS) is 27.4. The Kier molecular flexibility index (Phi) is 19.5. The molecule has 28 heteroatoms. The number of aromatic nitrogens is 10. The van der Waals surface area contributed by atoms with E-state index in [2.05, 4.69) is 69.2 Å². The first-order chi connectivity index (χ1) is 62.9. The fraction of sp³-hybridized carbons (Fsp3) is 0.446. The molecule has 129 heavy (non-hydrogen) atoms. The van der Waals surface area contributed by atoms with Crippen LogP contribution in [0.25, 0.3) is 99.2 Å². The number of anilines is 3. The molecule has 3 saturated carbocycles. The van der Waals surface area contributed by atoms with E-state index >= 15 is 8.78 Å². The average Bonchev–Trinajstić information content (AvgIpc) is 1.56. The number of fused-ring (bicyclic) bond motifs is 12. The van der Waals surface area contributed by atoms with Gasteiger partial charge in [0.1, 0.15) is 52.9 Å². The average molecular weight is 1730 g/mol. The molecule has 0 radical (unpaired) electrons. The van der Waals surface area contributed by atoms with Crippen LogP contribution in [0.15, 0.2) is 109 Å². The Morgan fingerprint density at radius 1 is 0.426 bits per heavy atom. The molecule has 656 valence electrons. The van der Waals surface area contributed by atoms with Gasteiger partial charge in [0, 0.05) is 213 Å². The Hall–Kier alpha value is -12.1. The third-order valence-corrected chi connectivity index (χ3v) is 30.4. The van der Waals surface area contributed by atoms with E-state index in [1.807, 2.05) is 54.6 Å². The lowest BCUT2D eigenvalue weighted by molar-refractivity contribution is 0.160. The molecule has 6 aromatic carbocycles. The molecule has 9 saturated heterocycles. The number of nitrogens with one attached hydrogen (secondary N) is 3. The van der Waals surface area contributed by atoms with Crippen molar-refractivity contribution in [2.75, 3.05) is 133 Å². The zero-order valence-electron chi connectivity index (χ0n) is 71.8. The van der Waals surface area contributed by atoms with Crippen molar-refractivity contribution in [3.05, 3.63) is 137 Å². The molecule has 6 bridgehead atoms. The summed E-state index contributed by atoms with van der Waals surface area (Å²) in [7, 11) is 0. The van der Waals surface area contributed by atoms with Crippen molar-refractivity contribution in [3.63, 3.8) is 0 Å². The zero-order chi connectivity index (χ0) is 86.9. The van der Waals surface area contributed by atoms with Crippen LogP contribution in [0.4, 0.5) is 30.6 Å². The number of hydrogen-bond donors (Lipinski definition) is 6. The maximum atomic E-state index is 15.6. The standard InChI is InChI=1S/C101H100F3N19O6/c1-4-56-8-7-9-59-30-70(124)32-76(86(56)59)60-31-85-89(105-39-60)95(123-48-68-16-17-69(49-123)109-68)117-96(111-85)128-54-100(51-119-28-23-62(103)42-119)37-82(100)73-18-10-57(5-2)87-77(73)33-71(125)35-79(87)84-21-20-75-91(110-84)113-98(115-93(75)121-44-64-12-13-65(45-121)107-64)129-55-101(52-120-29-24-63(104)43-120)38-83(101)74-19-11-58(6-3)88-78(74)34-72(126)36-80(88)90-106-40-81-92(112-90)114-97(116-94(81)122-46-66-14-15-67(47-122)108-66)127-53-99(25-26-99)50-118-27-22-61(102)41-118/h1-3,7-11,18-21,30-36,39-40,61-69,82-83,107-109,124-126H,12-17,22-29,37-38,41-55H2/t61-,62-,63-,64?,65?,66?,67?,68?,69?,82?,83?,100?,101?/m1/s1. The zero-order valence-corrected chi connectivity index (χ0v) is 71.8. The molecule has 10 unspecified atom stereocenters. The summed E-state index contributed by atoms with van der Waals surface area (Å²) < 4.78 is 66.2. The Morgan fingerprint density at radius 3 is 1.45 bits per heavy atom. The Balaban J connectivity index is 0.563. The van der Waals surface area contributed by atoms with Gasteiger partial charge in [-0.3, -0.25) is 19.7 Å². The van der Waals surface area contributed by atoms with Gasteiger partial charge in [0.15, 0.2) is 22.9 Å². The summed E-state index contributed by atoms with van der Waals surface area (Å²) in [5, 5.41) is 52.6. The molecule has 3 aliphatic carbocycles. The van der Waals surface area contributed by atoms with Gasteiger partial charge in [0.2, 0.25) is 0 Å². The van der Waals surface area contributed by atoms with E-state index in [-0.39, 0.29) is 96.5 Å². The van der Waals surface area contributed by atoms with E-state index in [0.29, 0.717) is 204 Å². The van der Waals surface area contributed by atoms with Crippen LogP contribution in [0.1, 0.15) is 123 Å². The quantitative estimate of drug-likeness (QED) is 0.0325. The highest BCUT2D eigenvalue weighted by Crippen LogP contribution is 2.64. The number of ether oxygens (including phenoxy) is 3. The number of terminal acetylenes is 3. The third kappa shape index (κ3) is 14.8. The first kappa shape index (κ1) is 80.3. The lowest BCUT2D eigenvalue weighted by Crippen LogP contribution is -2.51. The van der Waals surface area contributed by atoms with Gasteiger partial charge in [-0.05, 0) is 201 Å². The summed E-state index contributed by atoms with van der Waals surface area (Å²) in [6, 6.07) is 32.2. The lowest BCUT2D eigenvalue weighted by atomic mass is 9.89. The molecule has 0 amide bonds. The van der Waals surface area contributed by atoms with Gasteiger partial charge in [0.25, 0.3) is 0 Å². The van der Waals surface area contributed by atoms with Crippen LogP contribution < -0.4 is 44.9 Å². The topological polar surface area (TPSA) is 273 Å². The highest BCUT2D eigenvalue weighted by molar-refractivity contribution is 6.06. The number of phenols is 3. The van der Waals surface area contributed by atoms with E-state index in [1.54, 1.807) is 48.8 Å². The van der Waals surface area contributed by atoms with Gasteiger partial charge in [-0.25, -0.2) is 28.1 Å². The third-order valence-electron chi connectivity index (χ3n) is 30.4. The molecule has 12 aromatic rings. The van der Waals surface area contributed by atoms with E-state index in [1.165, 1.54) is 0 Å². The molecular formula is C101H100F3N19O6. The number of phenolic OH excluding ortho intramolecular Hbond substituents is 3. The number of nitrogens with zero attached hydrogens (tertiary/aromatic N) is 16. The fourth-order valence-corrected chi connectivity index (χ4v) is 23.7. The predicted molar refractivity (Wildman–Crippen MR) is 489 cm³/mol. The van der Waals surface area contributed by atoms with Crippen LogP contribution in [0.2, 0.25) is 0 Å². The number of alkyl halides is 3. The monoisotopic (exact) mass is 1730 g/mol. The van der Waals surface area contributed by atoms with Crippen molar-refractivity contribution in [2.24, 2.45) is 16.2 Å². The van der Waals surface area contributed by atoms with Gasteiger partial charge in [-0.2, -0.15) is 29.9 Å². The molecule has 15 heterocycles. The molecule has 6 aromatic heterocycles. The molecular weight excluding hydrogens is 1630 g/mol. The summed E-state index contributed by atoms with van der Waals surface area (Å²) in [4.78, 5) is 65.6. The molecule has 12 aliphatic rings. The fourth-order valence-electron chi connectivity index (χ4n) is 23.7. The van der Waals surface area contributed by atoms with E-state index < -0.39 is 29.3 Å². The largest absolute Gasteiger partial charge is 0.508 e. The maximum absolute atomic E-state index is 15.6. The first-order valence-electron chi connectivity index (χ1n) is 46.1. The van der Waals surface area contributed by atoms with Crippen molar-refractivity contribution >= 4 is 82.9 Å². The highest BCUT2D eigenvalue weighted by atomic mass is 19.1. The Bertz CT molecular complexity index is 6710. The van der Waals surface area contributed by atoms with Gasteiger partial charge < -0.3 is 60.2 Å². The Morgan fingerprint density at radius 2 is 0.907 bits per heavy atom. The van der Waals surface area contributed by atoms with Crippen LogP contribution in [-0.2, 0) is 0 Å². The van der Waals surface area contributed by atoms with Gasteiger partial charge >= 0.3 is 18.0 Å². The minimum atomic E-state index is -0.985. The van der Waals surface area contributed by atoms with Crippen molar-refractivity contribution in [2.45, 2.75) is 150 Å². The Labute approximate surface area is 744 Å². The SMILES string of the molecule is C#Cc1cccc2cc(O)cc(-c3cnc4c(N5CC6CCC(C5)N6)nc(OCC5(CN6CC[C@@H](F)C6)CC5c5ccc(C#C)c6c(-c7ccc8c(N9CC%10CCC(C9)N%10)nc(OCC9(CN%10CC[C@@H](F)C%10)CC9c9ccc(C#C)c%10c(-c%11ncc%12c(N%13CC%14CCC(C%13)N%14)nc(OCC%13(CN%14CC[C@@H](F)C%14)CC%13)nc%12n%11)cc(O)cc9%10)nc8n7)cc(O)cc56)nc4c3)c12. The second-order valence-electron chi connectivity index (χ2n) is 39.2. The minimum absolute atomic E-state index is 0.00504. The van der Waals surface area contributed by atoms with E-state index in [4.69, 9.17) is 83.3 Å². The molecule has 12 fully saturated rings. The van der Waals surface area contributed by atoms with E-state index in [9.17, 15) is 19.7 Å². The molecule has 6 N–H and O–H groups in total. The summed E-state index contributed by atoms with van der Waals surface area (Å²) in [5.41, 5.74) is 7.44. The summed E-state index contributed by atoms with van der Waals surface area (Å²) >= 11 is 0.